The van der Waals surface area contributed by atoms with Crippen LogP contribution in [-0.2, 0) is 0 Å². The van der Waals surface area contributed by atoms with Crippen LogP contribution in [0.2, 0.25) is 0 Å². The lowest BCUT2D eigenvalue weighted by atomic mass is 9.95. The molecule has 32 heavy (non-hydrogen) atoms. The summed E-state index contributed by atoms with van der Waals surface area (Å²) in [7, 11) is 0. The van der Waals surface area contributed by atoms with Gasteiger partial charge in [0.05, 0.1) is 16.2 Å². The second-order valence-corrected chi connectivity index (χ2v) is 10.2. The molecule has 3 nitrogen and oxygen atoms in total. The largest absolute Gasteiger partial charge is 0.463 e. The van der Waals surface area contributed by atoms with Crippen LogP contribution in [0.1, 0.15) is 40.9 Å². The van der Waals surface area contributed by atoms with E-state index < -0.39 is 0 Å². The third-order valence-corrected chi connectivity index (χ3v) is 7.30. The number of hydrogen-bond acceptors (Lipinski definition) is 3. The van der Waals surface area contributed by atoms with Crippen LogP contribution < -0.4 is 4.74 Å². The van der Waals surface area contributed by atoms with Crippen LogP contribution in [0.15, 0.2) is 92.9 Å². The second kappa shape index (κ2) is 7.75. The van der Waals surface area contributed by atoms with Crippen molar-refractivity contribution in [1.29, 1.82) is 0 Å². The number of halogens is 2. The van der Waals surface area contributed by atoms with Crippen molar-refractivity contribution in [2.75, 3.05) is 0 Å². The predicted molar refractivity (Wildman–Crippen MR) is 136 cm³/mol. The zero-order valence-corrected chi connectivity index (χ0v) is 20.6. The molecular formula is C27H20Br2N2O. The van der Waals surface area contributed by atoms with Gasteiger partial charge in [0.25, 0.3) is 0 Å². The average molecular weight is 548 g/mol. The number of fused-ring (bicyclic) bond motifs is 4. The molecule has 5 heteroatoms. The Labute approximate surface area is 204 Å². The fourth-order valence-corrected chi connectivity index (χ4v) is 5.96. The van der Waals surface area contributed by atoms with Gasteiger partial charge in [-0.1, -0.05) is 82.2 Å². The van der Waals surface area contributed by atoms with Gasteiger partial charge in [-0.3, -0.25) is 0 Å². The number of hydrogen-bond donors (Lipinski definition) is 0. The maximum Gasteiger partial charge on any atom is 0.213 e. The van der Waals surface area contributed by atoms with Gasteiger partial charge in [0.1, 0.15) is 5.75 Å². The summed E-state index contributed by atoms with van der Waals surface area (Å²) < 4.78 is 8.55. The van der Waals surface area contributed by atoms with Crippen LogP contribution in [0.25, 0.3) is 10.8 Å². The van der Waals surface area contributed by atoms with Crippen LogP contribution >= 0.6 is 31.9 Å². The summed E-state index contributed by atoms with van der Waals surface area (Å²) >= 11 is 7.37. The van der Waals surface area contributed by atoms with Gasteiger partial charge in [0.2, 0.25) is 6.23 Å². The van der Waals surface area contributed by atoms with E-state index >= 15 is 0 Å². The van der Waals surface area contributed by atoms with Crippen LogP contribution in [-0.4, -0.2) is 10.7 Å². The molecule has 0 amide bonds. The van der Waals surface area contributed by atoms with E-state index in [1.165, 1.54) is 16.3 Å². The number of ether oxygens (including phenoxy) is 1. The lowest BCUT2D eigenvalue weighted by Gasteiger charge is -2.38. The Hall–Kier alpha value is -2.63. The summed E-state index contributed by atoms with van der Waals surface area (Å²) in [5.41, 5.74) is 5.73. The summed E-state index contributed by atoms with van der Waals surface area (Å²) in [5.74, 6) is 0.898. The van der Waals surface area contributed by atoms with E-state index in [9.17, 15) is 0 Å². The van der Waals surface area contributed by atoms with Crippen molar-refractivity contribution in [3.8, 4) is 5.75 Å². The molecule has 2 heterocycles. The van der Waals surface area contributed by atoms with Gasteiger partial charge in [-0.25, -0.2) is 5.01 Å². The highest BCUT2D eigenvalue weighted by molar-refractivity contribution is 9.11. The van der Waals surface area contributed by atoms with Crippen molar-refractivity contribution in [3.05, 3.63) is 110 Å². The summed E-state index contributed by atoms with van der Waals surface area (Å²) in [4.78, 5) is 0. The predicted octanol–water partition coefficient (Wildman–Crippen LogP) is 7.92. The number of benzene rings is 4. The molecule has 0 bridgehead atoms. The van der Waals surface area contributed by atoms with Crippen molar-refractivity contribution in [1.82, 2.24) is 5.01 Å². The Morgan fingerprint density at radius 1 is 0.906 bits per heavy atom. The van der Waals surface area contributed by atoms with Gasteiger partial charge in [0, 0.05) is 22.0 Å². The molecule has 0 N–H and O–H groups in total. The number of rotatable bonds is 2. The van der Waals surface area contributed by atoms with Crippen molar-refractivity contribution in [2.24, 2.45) is 5.10 Å². The van der Waals surface area contributed by atoms with Gasteiger partial charge < -0.3 is 4.74 Å². The normalized spacial score (nSPS) is 19.3. The molecule has 4 aromatic carbocycles. The SMILES string of the molecule is Cc1ccc([C@@H]2Oc3c(Br)cc(Br)cc3[C@@H]3CC(c4ccc5ccccc5c4)=NN32)cc1. The fraction of sp³-hybridized carbons (Fsp3) is 0.148. The van der Waals surface area contributed by atoms with E-state index in [-0.39, 0.29) is 12.3 Å². The zero-order chi connectivity index (χ0) is 21.8. The molecule has 0 saturated carbocycles. The molecular weight excluding hydrogens is 528 g/mol. The lowest BCUT2D eigenvalue weighted by Crippen LogP contribution is -2.33. The Morgan fingerprint density at radius 2 is 1.69 bits per heavy atom. The van der Waals surface area contributed by atoms with E-state index in [4.69, 9.17) is 9.84 Å². The Kier molecular flexibility index (Phi) is 4.85. The van der Waals surface area contributed by atoms with Crippen molar-refractivity contribution < 1.29 is 4.74 Å². The molecule has 0 radical (unpaired) electrons. The van der Waals surface area contributed by atoms with E-state index in [0.29, 0.717) is 0 Å². The average Bonchev–Trinajstić information content (AvgIpc) is 3.25. The highest BCUT2D eigenvalue weighted by atomic mass is 79.9. The van der Waals surface area contributed by atoms with Crippen molar-refractivity contribution >= 4 is 48.3 Å². The van der Waals surface area contributed by atoms with Crippen molar-refractivity contribution in [3.63, 3.8) is 0 Å². The Bertz CT molecular complexity index is 1380. The number of hydrazone groups is 1. The van der Waals surface area contributed by atoms with E-state index in [1.807, 2.05) is 6.07 Å². The first-order valence-electron chi connectivity index (χ1n) is 10.6. The summed E-state index contributed by atoms with van der Waals surface area (Å²) in [6.07, 6.45) is 0.559. The van der Waals surface area contributed by atoms with E-state index in [2.05, 4.69) is 117 Å². The minimum atomic E-state index is -0.275. The molecule has 0 fully saturated rings. The third kappa shape index (κ3) is 3.35. The van der Waals surface area contributed by atoms with Gasteiger partial charge in [-0.15, -0.1) is 0 Å². The Morgan fingerprint density at radius 3 is 2.50 bits per heavy atom. The fourth-order valence-electron chi connectivity index (χ4n) is 4.61. The maximum absolute atomic E-state index is 6.56. The maximum atomic E-state index is 6.56. The first kappa shape index (κ1) is 20.0. The number of aryl methyl sites for hydroxylation is 1. The molecule has 0 unspecified atom stereocenters. The highest BCUT2D eigenvalue weighted by Gasteiger charge is 2.42. The first-order chi connectivity index (χ1) is 15.6. The zero-order valence-electron chi connectivity index (χ0n) is 17.4. The van der Waals surface area contributed by atoms with E-state index in [0.717, 1.165) is 43.5 Å². The molecule has 0 spiro atoms. The van der Waals surface area contributed by atoms with E-state index in [1.54, 1.807) is 0 Å². The van der Waals surface area contributed by atoms with Crippen LogP contribution in [0.3, 0.4) is 0 Å². The molecule has 6 rings (SSSR count). The molecule has 4 aromatic rings. The van der Waals surface area contributed by atoms with Gasteiger partial charge >= 0.3 is 0 Å². The van der Waals surface area contributed by atoms with Gasteiger partial charge in [0.15, 0.2) is 0 Å². The van der Waals surface area contributed by atoms with Crippen LogP contribution in [0, 0.1) is 6.92 Å². The molecule has 158 valence electrons. The lowest BCUT2D eigenvalue weighted by molar-refractivity contribution is -0.0197. The molecule has 2 aliphatic rings. The highest BCUT2D eigenvalue weighted by Crippen LogP contribution is 2.50. The minimum absolute atomic E-state index is 0.111. The standard InChI is InChI=1S/C27H20Br2N2O/c1-16-6-8-18(9-7-16)27-31-25(22-13-21(28)14-23(29)26(22)32-27)15-24(30-31)20-11-10-17-4-2-3-5-19(17)12-20/h2-14,25,27H,15H2,1H3/t25-,27-/m0/s1. The molecule has 0 aliphatic carbocycles. The van der Waals surface area contributed by atoms with Crippen LogP contribution in [0.4, 0.5) is 0 Å². The van der Waals surface area contributed by atoms with Crippen LogP contribution in [0.5, 0.6) is 5.75 Å². The molecule has 0 saturated heterocycles. The first-order valence-corrected chi connectivity index (χ1v) is 12.2. The quantitative estimate of drug-likeness (QED) is 0.254. The summed E-state index contributed by atoms with van der Waals surface area (Å²) in [6, 6.07) is 27.9. The van der Waals surface area contributed by atoms with Crippen molar-refractivity contribution in [2.45, 2.75) is 25.6 Å². The van der Waals surface area contributed by atoms with Gasteiger partial charge in [-0.2, -0.15) is 5.10 Å². The summed E-state index contributed by atoms with van der Waals surface area (Å²) in [6.45, 7) is 2.10. The number of nitrogens with zero attached hydrogens (tertiary/aromatic N) is 2. The second-order valence-electron chi connectivity index (χ2n) is 8.40. The minimum Gasteiger partial charge on any atom is -0.463 e. The van der Waals surface area contributed by atoms with Gasteiger partial charge in [-0.05, 0) is 57.4 Å². The molecule has 2 aliphatic heterocycles. The Balaban J connectivity index is 1.47. The molecule has 2 atom stereocenters. The third-order valence-electron chi connectivity index (χ3n) is 6.25. The monoisotopic (exact) mass is 546 g/mol. The summed E-state index contributed by atoms with van der Waals surface area (Å²) in [5, 5.41) is 9.73. The smallest absolute Gasteiger partial charge is 0.213 e. The topological polar surface area (TPSA) is 24.8 Å². The molecule has 0 aromatic heterocycles.